The van der Waals surface area contributed by atoms with E-state index in [4.69, 9.17) is 0 Å². The number of nitrogens with zero attached hydrogens (tertiary/aromatic N) is 2. The summed E-state index contributed by atoms with van der Waals surface area (Å²) in [7, 11) is 1.59. The lowest BCUT2D eigenvalue weighted by atomic mass is 10.2. The molecule has 5 nitrogen and oxygen atoms in total. The Morgan fingerprint density at radius 3 is 3.15 bits per heavy atom. The molecule has 2 rings (SSSR count). The lowest BCUT2D eigenvalue weighted by molar-refractivity contribution is 0.0963. The molecule has 0 saturated carbocycles. The number of pyridine rings is 1. The molecule has 0 aromatic carbocycles. The highest BCUT2D eigenvalue weighted by Crippen LogP contribution is 2.09. The van der Waals surface area contributed by atoms with Gasteiger partial charge in [0.2, 0.25) is 0 Å². The molecule has 2 N–H and O–H groups in total. The van der Waals surface area contributed by atoms with Crippen LogP contribution in [0.5, 0.6) is 0 Å². The van der Waals surface area contributed by atoms with Crippen LogP contribution in [0.15, 0.2) is 18.5 Å². The molecule has 0 aliphatic heterocycles. The van der Waals surface area contributed by atoms with Crippen LogP contribution in [0.25, 0.3) is 11.0 Å². The fraction of sp³-hybridized carbons (Fsp3) is 0.125. The second kappa shape index (κ2) is 2.85. The summed E-state index contributed by atoms with van der Waals surface area (Å²) < 4.78 is 0. The Hall–Kier alpha value is -1.91. The predicted octanol–water partition coefficient (Wildman–Crippen LogP) is 0.317. The third-order valence-electron chi connectivity index (χ3n) is 1.78. The summed E-state index contributed by atoms with van der Waals surface area (Å²) in [4.78, 5) is 15.2. The van der Waals surface area contributed by atoms with Gasteiger partial charge in [-0.15, -0.1) is 0 Å². The summed E-state index contributed by atoms with van der Waals surface area (Å²) in [5.74, 6) is -0.143. The van der Waals surface area contributed by atoms with Gasteiger partial charge in [-0.05, 0) is 6.07 Å². The number of rotatable bonds is 1. The summed E-state index contributed by atoms with van der Waals surface area (Å²) in [6.07, 6.45) is 3.15. The second-order valence-electron chi connectivity index (χ2n) is 2.61. The molecule has 2 aromatic heterocycles. The van der Waals surface area contributed by atoms with E-state index in [1.165, 1.54) is 6.20 Å². The number of carbonyl (C=O) groups is 1. The molecule has 0 radical (unpaired) electrons. The number of nitrogens with one attached hydrogen (secondary N) is 2. The number of hydrogen-bond acceptors (Lipinski definition) is 3. The number of amides is 1. The van der Waals surface area contributed by atoms with Crippen molar-refractivity contribution < 1.29 is 4.79 Å². The molecule has 66 valence electrons. The van der Waals surface area contributed by atoms with E-state index in [9.17, 15) is 4.79 Å². The maximum Gasteiger partial charge on any atom is 0.252 e. The first-order chi connectivity index (χ1) is 6.31. The van der Waals surface area contributed by atoms with Crippen LogP contribution in [0.4, 0.5) is 0 Å². The normalized spacial score (nSPS) is 10.2. The third kappa shape index (κ3) is 1.24. The number of carbonyl (C=O) groups excluding carboxylic acids is 1. The summed E-state index contributed by atoms with van der Waals surface area (Å²) in [5, 5.41) is 9.88. The minimum Gasteiger partial charge on any atom is -0.355 e. The van der Waals surface area contributed by atoms with Crippen LogP contribution in [0.2, 0.25) is 0 Å². The lowest BCUT2D eigenvalue weighted by Gasteiger charge is -1.97. The minimum atomic E-state index is -0.143. The summed E-state index contributed by atoms with van der Waals surface area (Å²) >= 11 is 0. The quantitative estimate of drug-likeness (QED) is 0.657. The zero-order chi connectivity index (χ0) is 9.26. The lowest BCUT2D eigenvalue weighted by Crippen LogP contribution is -2.17. The van der Waals surface area contributed by atoms with Crippen molar-refractivity contribution in [1.82, 2.24) is 20.5 Å². The number of aromatic nitrogens is 3. The second-order valence-corrected chi connectivity index (χ2v) is 2.61. The molecule has 0 bridgehead atoms. The van der Waals surface area contributed by atoms with Gasteiger partial charge in [-0.3, -0.25) is 9.89 Å². The van der Waals surface area contributed by atoms with Crippen LogP contribution in [-0.4, -0.2) is 28.1 Å². The summed E-state index contributed by atoms with van der Waals surface area (Å²) in [5.41, 5.74) is 1.23. The van der Waals surface area contributed by atoms with Crippen molar-refractivity contribution in [2.75, 3.05) is 7.05 Å². The van der Waals surface area contributed by atoms with Crippen molar-refractivity contribution in [3.63, 3.8) is 0 Å². The molecule has 2 heterocycles. The maximum absolute atomic E-state index is 11.2. The van der Waals surface area contributed by atoms with Crippen LogP contribution in [0.1, 0.15) is 10.4 Å². The van der Waals surface area contributed by atoms with Crippen LogP contribution < -0.4 is 5.32 Å². The summed E-state index contributed by atoms with van der Waals surface area (Å²) in [6.45, 7) is 0. The Bertz CT molecular complexity index is 448. The van der Waals surface area contributed by atoms with Crippen molar-refractivity contribution in [2.24, 2.45) is 0 Å². The minimum absolute atomic E-state index is 0.143. The van der Waals surface area contributed by atoms with Gasteiger partial charge in [0, 0.05) is 18.6 Å². The van der Waals surface area contributed by atoms with Crippen molar-refractivity contribution in [3.05, 3.63) is 24.0 Å². The van der Waals surface area contributed by atoms with Crippen LogP contribution in [-0.2, 0) is 0 Å². The van der Waals surface area contributed by atoms with Crippen molar-refractivity contribution in [1.29, 1.82) is 0 Å². The van der Waals surface area contributed by atoms with Crippen molar-refractivity contribution in [2.45, 2.75) is 0 Å². The number of aromatic amines is 1. The molecule has 13 heavy (non-hydrogen) atoms. The van der Waals surface area contributed by atoms with Gasteiger partial charge in [-0.25, -0.2) is 4.98 Å². The molecular formula is C8H8N4O. The van der Waals surface area contributed by atoms with E-state index in [0.29, 0.717) is 11.2 Å². The van der Waals surface area contributed by atoms with E-state index in [2.05, 4.69) is 20.5 Å². The third-order valence-corrected chi connectivity index (χ3v) is 1.78. The molecule has 0 fully saturated rings. The SMILES string of the molecule is CNC(=O)c1cnc2[nH]ncc2c1. The zero-order valence-electron chi connectivity index (χ0n) is 7.03. The van der Waals surface area contributed by atoms with Crippen molar-refractivity contribution in [3.8, 4) is 0 Å². The average Bonchev–Trinajstić information content (AvgIpc) is 2.63. The van der Waals surface area contributed by atoms with Gasteiger partial charge in [0.15, 0.2) is 5.65 Å². The maximum atomic E-state index is 11.2. The molecule has 0 saturated heterocycles. The van der Waals surface area contributed by atoms with Crippen LogP contribution in [0.3, 0.4) is 0 Å². The topological polar surface area (TPSA) is 70.7 Å². The number of hydrogen-bond donors (Lipinski definition) is 2. The van der Waals surface area contributed by atoms with Gasteiger partial charge >= 0.3 is 0 Å². The average molecular weight is 176 g/mol. The van der Waals surface area contributed by atoms with Gasteiger partial charge in [0.05, 0.1) is 11.8 Å². The predicted molar refractivity (Wildman–Crippen MR) is 47.3 cm³/mol. The van der Waals surface area contributed by atoms with Crippen LogP contribution in [0, 0.1) is 0 Å². The molecule has 1 amide bonds. The first-order valence-corrected chi connectivity index (χ1v) is 3.82. The Kier molecular flexibility index (Phi) is 1.70. The van der Waals surface area contributed by atoms with E-state index in [-0.39, 0.29) is 5.91 Å². The Labute approximate surface area is 74.2 Å². The first kappa shape index (κ1) is 7.72. The van der Waals surface area contributed by atoms with Gasteiger partial charge in [-0.2, -0.15) is 5.10 Å². The van der Waals surface area contributed by atoms with Gasteiger partial charge < -0.3 is 5.32 Å². The monoisotopic (exact) mass is 176 g/mol. The molecule has 0 unspecified atom stereocenters. The molecule has 2 aromatic rings. The molecule has 0 aliphatic carbocycles. The Morgan fingerprint density at radius 2 is 2.38 bits per heavy atom. The highest BCUT2D eigenvalue weighted by molar-refractivity contribution is 5.96. The Balaban J connectivity index is 2.54. The first-order valence-electron chi connectivity index (χ1n) is 3.82. The number of fused-ring (bicyclic) bond motifs is 1. The molecule has 5 heteroatoms. The van der Waals surface area contributed by atoms with E-state index in [1.54, 1.807) is 19.3 Å². The highest BCUT2D eigenvalue weighted by atomic mass is 16.1. The van der Waals surface area contributed by atoms with Crippen molar-refractivity contribution >= 4 is 16.9 Å². The number of H-pyrrole nitrogens is 1. The van der Waals surface area contributed by atoms with E-state index in [1.807, 2.05) is 0 Å². The van der Waals surface area contributed by atoms with E-state index < -0.39 is 0 Å². The van der Waals surface area contributed by atoms with Gasteiger partial charge in [0.25, 0.3) is 5.91 Å². The standard InChI is InChI=1S/C8H8N4O/c1-9-8(13)6-2-5-4-11-12-7(5)10-3-6/h2-4H,1H3,(H,9,13)(H,10,11,12). The highest BCUT2D eigenvalue weighted by Gasteiger charge is 2.04. The fourth-order valence-corrected chi connectivity index (χ4v) is 1.11. The van der Waals surface area contributed by atoms with E-state index >= 15 is 0 Å². The summed E-state index contributed by atoms with van der Waals surface area (Å²) in [6, 6.07) is 1.74. The van der Waals surface area contributed by atoms with E-state index in [0.717, 1.165) is 5.39 Å². The van der Waals surface area contributed by atoms with Gasteiger partial charge in [-0.1, -0.05) is 0 Å². The Morgan fingerprint density at radius 1 is 1.54 bits per heavy atom. The largest absolute Gasteiger partial charge is 0.355 e. The zero-order valence-corrected chi connectivity index (χ0v) is 7.03. The molecular weight excluding hydrogens is 168 g/mol. The molecule has 0 aliphatic rings. The molecule has 0 spiro atoms. The van der Waals surface area contributed by atoms with Gasteiger partial charge in [0.1, 0.15) is 0 Å². The van der Waals surface area contributed by atoms with Crippen LogP contribution >= 0.6 is 0 Å². The smallest absolute Gasteiger partial charge is 0.252 e. The fourth-order valence-electron chi connectivity index (χ4n) is 1.11. The molecule has 0 atom stereocenters.